The van der Waals surface area contributed by atoms with E-state index < -0.39 is 17.3 Å². The van der Waals surface area contributed by atoms with E-state index in [0.717, 1.165) is 11.1 Å². The van der Waals surface area contributed by atoms with Gasteiger partial charge in [0.1, 0.15) is 18.5 Å². The number of nitrogens with two attached hydrogens (primary N) is 2. The van der Waals surface area contributed by atoms with Crippen molar-refractivity contribution in [3.63, 3.8) is 0 Å². The average Bonchev–Trinajstić information content (AvgIpc) is 2.79. The molecular weight excluding hydrogens is 484 g/mol. The molecule has 0 saturated carbocycles. The predicted molar refractivity (Wildman–Crippen MR) is 134 cm³/mol. The summed E-state index contributed by atoms with van der Waals surface area (Å²) in [7, 11) is 0. The van der Waals surface area contributed by atoms with Crippen molar-refractivity contribution in [3.05, 3.63) is 71.3 Å². The lowest BCUT2D eigenvalue weighted by Crippen LogP contribution is -2.37. The Hall–Kier alpha value is -2.20. The molecule has 0 aliphatic heterocycles. The highest BCUT2D eigenvalue weighted by molar-refractivity contribution is 7.94. The zero-order valence-electron chi connectivity index (χ0n) is 19.3. The molecule has 2 aromatic carbocycles. The zero-order valence-corrected chi connectivity index (χ0v) is 20.9. The Morgan fingerprint density at radius 3 is 2.50 bits per heavy atom. The minimum absolute atomic E-state index is 0.00210. The molecule has 0 heterocycles. The summed E-state index contributed by atoms with van der Waals surface area (Å²) in [5, 5.41) is 11.3. The monoisotopic (exact) mass is 515 g/mol. The maximum atomic E-state index is 14.5. The van der Waals surface area contributed by atoms with Crippen molar-refractivity contribution in [1.82, 2.24) is 5.01 Å². The van der Waals surface area contributed by atoms with Gasteiger partial charge in [-0.15, -0.1) is 11.6 Å². The molecule has 0 amide bonds. The summed E-state index contributed by atoms with van der Waals surface area (Å²) >= 11 is 5.73. The molecule has 0 saturated heterocycles. The lowest BCUT2D eigenvalue weighted by Gasteiger charge is -2.27. The van der Waals surface area contributed by atoms with Crippen molar-refractivity contribution in [1.29, 1.82) is 0 Å². The normalized spacial score (nSPS) is 13.0. The highest BCUT2D eigenvalue weighted by Gasteiger charge is 2.24. The third-order valence-corrected chi connectivity index (χ3v) is 5.89. The van der Waals surface area contributed by atoms with Crippen LogP contribution in [0.3, 0.4) is 0 Å². The van der Waals surface area contributed by atoms with Crippen LogP contribution in [-0.2, 0) is 5.41 Å². The van der Waals surface area contributed by atoms with Gasteiger partial charge in [0.2, 0.25) is 0 Å². The SMILES string of the molecule is CC(C)(c1ccc(OC[C@H](O)CN(N)/C=C(\N)CSF)cc1)c1ccc(OCCCCl)c(F)c1. The number of benzene rings is 2. The van der Waals surface area contributed by atoms with Crippen LogP contribution in [-0.4, -0.2) is 47.6 Å². The molecule has 0 spiro atoms. The molecular formula is C24H32ClF2N3O3S. The molecule has 0 aliphatic rings. The van der Waals surface area contributed by atoms with Crippen molar-refractivity contribution in [2.24, 2.45) is 11.6 Å². The third-order valence-electron chi connectivity index (χ3n) is 5.18. The molecule has 34 heavy (non-hydrogen) atoms. The Morgan fingerprint density at radius 2 is 1.88 bits per heavy atom. The number of nitrogens with zero attached hydrogens (tertiary/aromatic N) is 1. The summed E-state index contributed by atoms with van der Waals surface area (Å²) < 4.78 is 37.8. The van der Waals surface area contributed by atoms with Gasteiger partial charge in [0.25, 0.3) is 0 Å². The Balaban J connectivity index is 1.96. The van der Waals surface area contributed by atoms with Gasteiger partial charge in [-0.3, -0.25) is 0 Å². The van der Waals surface area contributed by atoms with Gasteiger partial charge < -0.3 is 25.3 Å². The lowest BCUT2D eigenvalue weighted by atomic mass is 9.78. The lowest BCUT2D eigenvalue weighted by molar-refractivity contribution is 0.0817. The summed E-state index contributed by atoms with van der Waals surface area (Å²) in [6, 6.07) is 12.4. The van der Waals surface area contributed by atoms with Crippen LogP contribution in [0.2, 0.25) is 0 Å². The van der Waals surface area contributed by atoms with Crippen LogP contribution in [0, 0.1) is 5.82 Å². The molecule has 10 heteroatoms. The molecule has 5 N–H and O–H groups in total. The van der Waals surface area contributed by atoms with E-state index in [1.54, 1.807) is 18.2 Å². The number of ether oxygens (including phenoxy) is 2. The second kappa shape index (κ2) is 13.6. The highest BCUT2D eigenvalue weighted by atomic mass is 35.5. The van der Waals surface area contributed by atoms with Crippen molar-refractivity contribution < 1.29 is 22.9 Å². The van der Waals surface area contributed by atoms with Crippen molar-refractivity contribution in [2.45, 2.75) is 31.8 Å². The number of rotatable bonds is 14. The first-order valence-corrected chi connectivity index (χ1v) is 12.2. The largest absolute Gasteiger partial charge is 0.491 e. The van der Waals surface area contributed by atoms with Crippen LogP contribution < -0.4 is 21.1 Å². The van der Waals surface area contributed by atoms with Crippen molar-refractivity contribution >= 4 is 23.7 Å². The Bertz CT molecular complexity index is 932. The second-order valence-electron chi connectivity index (χ2n) is 8.30. The molecule has 1 atom stereocenters. The summed E-state index contributed by atoms with van der Waals surface area (Å²) in [5.74, 6) is 6.57. The van der Waals surface area contributed by atoms with Crippen LogP contribution in [0.15, 0.2) is 54.4 Å². The van der Waals surface area contributed by atoms with E-state index in [1.807, 2.05) is 32.0 Å². The maximum absolute atomic E-state index is 14.5. The standard InChI is InChI=1S/C24H32ClF2N3O3S/c1-24(2,18-6-9-23(22(26)12-18)32-11-3-10-25)17-4-7-21(8-5-17)33-15-20(31)14-30(29)13-19(28)16-34-27/h4-9,12-13,20,31H,3,10-11,14-16,28-29H2,1-2H3/b19-13-/t20-/m1/s1. The molecule has 0 aliphatic carbocycles. The van der Waals surface area contributed by atoms with Crippen LogP contribution in [0.5, 0.6) is 11.5 Å². The quantitative estimate of drug-likeness (QED) is 0.148. The number of aliphatic hydroxyl groups is 1. The Morgan fingerprint density at radius 1 is 1.21 bits per heavy atom. The molecule has 6 nitrogen and oxygen atoms in total. The van der Waals surface area contributed by atoms with Crippen LogP contribution in [0.25, 0.3) is 0 Å². The molecule has 2 aromatic rings. The summed E-state index contributed by atoms with van der Waals surface area (Å²) in [4.78, 5) is 0. The van der Waals surface area contributed by atoms with Gasteiger partial charge in [-0.2, -0.15) is 3.89 Å². The van der Waals surface area contributed by atoms with E-state index >= 15 is 0 Å². The van der Waals surface area contributed by atoms with E-state index in [-0.39, 0.29) is 42.5 Å². The number of alkyl halides is 1. The summed E-state index contributed by atoms with van der Waals surface area (Å²) in [6.07, 6.45) is 1.14. The van der Waals surface area contributed by atoms with E-state index in [0.29, 0.717) is 24.7 Å². The first kappa shape index (κ1) is 28.0. The van der Waals surface area contributed by atoms with Crippen molar-refractivity contribution in [3.8, 4) is 11.5 Å². The molecule has 2 rings (SSSR count). The van der Waals surface area contributed by atoms with Gasteiger partial charge in [0.05, 0.1) is 31.1 Å². The Kier molecular flexibility index (Phi) is 11.2. The average molecular weight is 516 g/mol. The fourth-order valence-electron chi connectivity index (χ4n) is 3.23. The summed E-state index contributed by atoms with van der Waals surface area (Å²) in [6.45, 7) is 4.46. The van der Waals surface area contributed by atoms with Crippen LogP contribution in [0.1, 0.15) is 31.4 Å². The maximum Gasteiger partial charge on any atom is 0.165 e. The van der Waals surface area contributed by atoms with Crippen LogP contribution in [0.4, 0.5) is 8.28 Å². The molecule has 188 valence electrons. The third kappa shape index (κ3) is 8.54. The number of halogens is 3. The van der Waals surface area contributed by atoms with E-state index in [9.17, 15) is 13.4 Å². The van der Waals surface area contributed by atoms with Gasteiger partial charge in [0, 0.05) is 23.2 Å². The molecule has 0 aromatic heterocycles. The van der Waals surface area contributed by atoms with Gasteiger partial charge >= 0.3 is 0 Å². The molecule has 0 radical (unpaired) electrons. The number of hydrazine groups is 1. The minimum Gasteiger partial charge on any atom is -0.491 e. The van der Waals surface area contributed by atoms with E-state index in [2.05, 4.69) is 0 Å². The smallest absolute Gasteiger partial charge is 0.165 e. The predicted octanol–water partition coefficient (Wildman–Crippen LogP) is 4.49. The molecule has 0 fully saturated rings. The van der Waals surface area contributed by atoms with E-state index in [4.69, 9.17) is 32.7 Å². The zero-order chi connectivity index (χ0) is 25.1. The number of hydrogen-bond donors (Lipinski definition) is 3. The van der Waals surface area contributed by atoms with Gasteiger partial charge in [-0.05, 0) is 41.8 Å². The first-order valence-electron chi connectivity index (χ1n) is 10.8. The first-order chi connectivity index (χ1) is 16.2. The fourth-order valence-corrected chi connectivity index (χ4v) is 3.54. The van der Waals surface area contributed by atoms with Gasteiger partial charge in [-0.1, -0.05) is 32.0 Å². The Labute approximate surface area is 209 Å². The van der Waals surface area contributed by atoms with Crippen molar-refractivity contribution in [2.75, 3.05) is 31.4 Å². The number of aliphatic hydroxyl groups excluding tert-OH is 1. The topological polar surface area (TPSA) is 94.0 Å². The summed E-state index contributed by atoms with van der Waals surface area (Å²) in [5.41, 5.74) is 7.16. The van der Waals surface area contributed by atoms with Crippen LogP contribution >= 0.6 is 23.7 Å². The number of hydrogen-bond acceptors (Lipinski definition) is 7. The molecule has 0 unspecified atom stereocenters. The van der Waals surface area contributed by atoms with E-state index in [1.165, 1.54) is 17.3 Å². The van der Waals surface area contributed by atoms with Gasteiger partial charge in [0.15, 0.2) is 11.6 Å². The fraction of sp³-hybridized carbons (Fsp3) is 0.417. The second-order valence-corrected chi connectivity index (χ2v) is 9.19. The highest BCUT2D eigenvalue weighted by Crippen LogP contribution is 2.34. The molecule has 0 bridgehead atoms. The minimum atomic E-state index is -0.878. The van der Waals surface area contributed by atoms with Gasteiger partial charge in [-0.25, -0.2) is 10.2 Å².